The first kappa shape index (κ1) is 18.4. The van der Waals surface area contributed by atoms with Crippen LogP contribution in [0.5, 0.6) is 0 Å². The van der Waals surface area contributed by atoms with E-state index < -0.39 is 10.0 Å². The summed E-state index contributed by atoms with van der Waals surface area (Å²) in [5.74, 6) is 0. The normalized spacial score (nSPS) is 17.3. The van der Waals surface area contributed by atoms with Crippen molar-refractivity contribution in [1.29, 1.82) is 0 Å². The molecule has 0 amide bonds. The monoisotopic (exact) mass is 379 g/mol. The van der Waals surface area contributed by atoms with Crippen LogP contribution in [0.25, 0.3) is 0 Å². The Hall–Kier alpha value is -1.44. The fraction of sp³-hybridized carbons (Fsp3) is 0.333. The van der Waals surface area contributed by atoms with Crippen LogP contribution < -0.4 is 10.0 Å². The van der Waals surface area contributed by atoms with Gasteiger partial charge in [-0.2, -0.15) is 0 Å². The van der Waals surface area contributed by atoms with Crippen LogP contribution in [0.2, 0.25) is 5.02 Å². The molecule has 5 nitrogen and oxygen atoms in total. The lowest BCUT2D eigenvalue weighted by Crippen LogP contribution is -2.47. The number of nitrogens with one attached hydrogen (secondary N) is 2. The molecule has 0 bridgehead atoms. The Morgan fingerprint density at radius 2 is 1.68 bits per heavy atom. The van der Waals surface area contributed by atoms with Gasteiger partial charge >= 0.3 is 0 Å². The number of benzene rings is 2. The summed E-state index contributed by atoms with van der Waals surface area (Å²) in [5.41, 5.74) is 0.905. The summed E-state index contributed by atoms with van der Waals surface area (Å²) < 4.78 is 28.4. The summed E-state index contributed by atoms with van der Waals surface area (Å²) in [7, 11) is -3.59. The number of hydrogen-bond donors (Lipinski definition) is 2. The molecular weight excluding hydrogens is 358 g/mol. The SMILES string of the molecule is O=S(=O)(N[C@@H](CN1CCNCC1)c1ccc(Cl)cc1)c1ccccc1. The van der Waals surface area contributed by atoms with E-state index in [2.05, 4.69) is 14.9 Å². The van der Waals surface area contributed by atoms with Gasteiger partial charge in [-0.25, -0.2) is 13.1 Å². The van der Waals surface area contributed by atoms with E-state index in [1.807, 2.05) is 12.1 Å². The van der Waals surface area contributed by atoms with Crippen LogP contribution in [0.15, 0.2) is 59.5 Å². The summed E-state index contributed by atoms with van der Waals surface area (Å²) in [6, 6.07) is 15.5. The zero-order valence-corrected chi connectivity index (χ0v) is 15.4. The summed E-state index contributed by atoms with van der Waals surface area (Å²) in [5, 5.41) is 3.95. The minimum atomic E-state index is -3.59. The van der Waals surface area contributed by atoms with Crippen molar-refractivity contribution in [2.75, 3.05) is 32.7 Å². The molecular formula is C18H22ClN3O2S. The molecule has 2 aromatic rings. The highest BCUT2D eigenvalue weighted by molar-refractivity contribution is 7.89. The van der Waals surface area contributed by atoms with Gasteiger partial charge in [-0.05, 0) is 29.8 Å². The standard InChI is InChI=1S/C18H22ClN3O2S/c19-16-8-6-15(7-9-16)18(14-22-12-10-20-11-13-22)21-25(23,24)17-4-2-1-3-5-17/h1-9,18,20-21H,10-14H2/t18-/m0/s1. The van der Waals surface area contributed by atoms with Gasteiger partial charge in [0.1, 0.15) is 0 Å². The Labute approximate surface area is 154 Å². The Morgan fingerprint density at radius 1 is 1.04 bits per heavy atom. The number of sulfonamides is 1. The average Bonchev–Trinajstić information content (AvgIpc) is 2.63. The third-order valence-corrected chi connectivity index (χ3v) is 6.01. The van der Waals surface area contributed by atoms with E-state index in [0.717, 1.165) is 31.7 Å². The molecule has 1 heterocycles. The molecule has 0 saturated carbocycles. The van der Waals surface area contributed by atoms with Gasteiger partial charge in [-0.3, -0.25) is 4.90 Å². The molecule has 0 aliphatic carbocycles. The zero-order chi connectivity index (χ0) is 17.7. The molecule has 1 aliphatic rings. The highest BCUT2D eigenvalue weighted by Gasteiger charge is 2.24. The van der Waals surface area contributed by atoms with E-state index in [0.29, 0.717) is 11.6 Å². The van der Waals surface area contributed by atoms with Crippen molar-refractivity contribution in [3.05, 3.63) is 65.2 Å². The van der Waals surface area contributed by atoms with Crippen LogP contribution in [0.1, 0.15) is 11.6 Å². The highest BCUT2D eigenvalue weighted by Crippen LogP contribution is 2.21. The second kappa shape index (κ2) is 8.29. The van der Waals surface area contributed by atoms with Crippen LogP contribution in [0.3, 0.4) is 0 Å². The molecule has 0 radical (unpaired) electrons. The molecule has 2 N–H and O–H groups in total. The van der Waals surface area contributed by atoms with Gasteiger partial charge in [0.2, 0.25) is 10.0 Å². The number of halogens is 1. The van der Waals surface area contributed by atoms with Crippen molar-refractivity contribution in [2.24, 2.45) is 0 Å². The Kier molecular flexibility index (Phi) is 6.09. The molecule has 1 aliphatic heterocycles. The number of piperazine rings is 1. The zero-order valence-electron chi connectivity index (χ0n) is 13.9. The Balaban J connectivity index is 1.83. The Bertz CT molecular complexity index is 776. The number of hydrogen-bond acceptors (Lipinski definition) is 4. The lowest BCUT2D eigenvalue weighted by Gasteiger charge is -2.31. The van der Waals surface area contributed by atoms with Crippen molar-refractivity contribution < 1.29 is 8.42 Å². The second-order valence-corrected chi connectivity index (χ2v) is 8.24. The van der Waals surface area contributed by atoms with E-state index in [-0.39, 0.29) is 10.9 Å². The maximum absolute atomic E-state index is 12.8. The lowest BCUT2D eigenvalue weighted by molar-refractivity contribution is 0.223. The first-order valence-electron chi connectivity index (χ1n) is 8.30. The molecule has 134 valence electrons. The fourth-order valence-corrected chi connectivity index (χ4v) is 4.28. The largest absolute Gasteiger partial charge is 0.314 e. The van der Waals surface area contributed by atoms with E-state index >= 15 is 0 Å². The van der Waals surface area contributed by atoms with E-state index in [1.165, 1.54) is 0 Å². The second-order valence-electron chi connectivity index (χ2n) is 6.09. The number of rotatable bonds is 6. The van der Waals surface area contributed by atoms with Crippen molar-refractivity contribution in [3.8, 4) is 0 Å². The quantitative estimate of drug-likeness (QED) is 0.808. The molecule has 0 unspecified atom stereocenters. The van der Waals surface area contributed by atoms with Crippen molar-refractivity contribution in [1.82, 2.24) is 14.9 Å². The van der Waals surface area contributed by atoms with E-state index in [4.69, 9.17) is 11.6 Å². The van der Waals surface area contributed by atoms with Crippen molar-refractivity contribution in [3.63, 3.8) is 0 Å². The molecule has 0 aromatic heterocycles. The topological polar surface area (TPSA) is 61.4 Å². The van der Waals surface area contributed by atoms with E-state index in [1.54, 1.807) is 42.5 Å². The maximum Gasteiger partial charge on any atom is 0.241 e. The van der Waals surface area contributed by atoms with Crippen LogP contribution in [-0.4, -0.2) is 46.0 Å². The van der Waals surface area contributed by atoms with E-state index in [9.17, 15) is 8.42 Å². The van der Waals surface area contributed by atoms with Gasteiger partial charge in [-0.15, -0.1) is 0 Å². The molecule has 1 saturated heterocycles. The van der Waals surface area contributed by atoms with Gasteiger partial charge < -0.3 is 5.32 Å². The molecule has 1 atom stereocenters. The minimum Gasteiger partial charge on any atom is -0.314 e. The molecule has 7 heteroatoms. The van der Waals surface area contributed by atoms with Gasteiger partial charge in [0.25, 0.3) is 0 Å². The predicted octanol–water partition coefficient (Wildman–Crippen LogP) is 2.26. The summed E-state index contributed by atoms with van der Waals surface area (Å²) in [6.45, 7) is 4.25. The molecule has 25 heavy (non-hydrogen) atoms. The van der Waals surface area contributed by atoms with Crippen molar-refractivity contribution >= 4 is 21.6 Å². The summed E-state index contributed by atoms with van der Waals surface area (Å²) in [6.07, 6.45) is 0. The first-order valence-corrected chi connectivity index (χ1v) is 10.2. The summed E-state index contributed by atoms with van der Waals surface area (Å²) in [4.78, 5) is 2.54. The predicted molar refractivity (Wildman–Crippen MR) is 100 cm³/mol. The van der Waals surface area contributed by atoms with Gasteiger partial charge in [0.15, 0.2) is 0 Å². The molecule has 1 fully saturated rings. The Morgan fingerprint density at radius 3 is 2.32 bits per heavy atom. The fourth-order valence-electron chi connectivity index (χ4n) is 2.91. The number of nitrogens with zero attached hydrogens (tertiary/aromatic N) is 1. The van der Waals surface area contributed by atoms with Crippen molar-refractivity contribution in [2.45, 2.75) is 10.9 Å². The highest BCUT2D eigenvalue weighted by atomic mass is 35.5. The minimum absolute atomic E-state index is 0.272. The molecule has 3 rings (SSSR count). The van der Waals surface area contributed by atoms with Crippen LogP contribution in [0.4, 0.5) is 0 Å². The average molecular weight is 380 g/mol. The third kappa shape index (κ3) is 5.03. The molecule has 2 aromatic carbocycles. The van der Waals surface area contributed by atoms with Gasteiger partial charge in [-0.1, -0.05) is 41.9 Å². The third-order valence-electron chi connectivity index (χ3n) is 4.27. The lowest BCUT2D eigenvalue weighted by atomic mass is 10.1. The van der Waals surface area contributed by atoms with Crippen LogP contribution in [-0.2, 0) is 10.0 Å². The maximum atomic E-state index is 12.8. The first-order chi connectivity index (χ1) is 12.0. The van der Waals surface area contributed by atoms with Crippen LogP contribution in [0, 0.1) is 0 Å². The molecule has 0 spiro atoms. The summed E-state index contributed by atoms with van der Waals surface area (Å²) >= 11 is 5.98. The van der Waals surface area contributed by atoms with Gasteiger partial charge in [0.05, 0.1) is 10.9 Å². The van der Waals surface area contributed by atoms with Crippen LogP contribution >= 0.6 is 11.6 Å². The van der Waals surface area contributed by atoms with Gasteiger partial charge in [0, 0.05) is 37.7 Å². The smallest absolute Gasteiger partial charge is 0.241 e.